The number of rotatable bonds is 6. The van der Waals surface area contributed by atoms with E-state index < -0.39 is 9.85 Å². The molecule has 8 nitrogen and oxygen atoms in total. The van der Waals surface area contributed by atoms with Crippen LogP contribution in [0.2, 0.25) is 5.02 Å². The molecule has 0 atom stereocenters. The van der Waals surface area contributed by atoms with Gasteiger partial charge in [-0.1, -0.05) is 11.6 Å². The summed E-state index contributed by atoms with van der Waals surface area (Å²) in [5.74, 6) is -0.297. The van der Waals surface area contributed by atoms with Crippen LogP contribution in [0.15, 0.2) is 42.5 Å². The van der Waals surface area contributed by atoms with Gasteiger partial charge >= 0.3 is 0 Å². The summed E-state index contributed by atoms with van der Waals surface area (Å²) in [6.45, 7) is -0.102. The van der Waals surface area contributed by atoms with Gasteiger partial charge in [0.05, 0.1) is 27.1 Å². The van der Waals surface area contributed by atoms with Gasteiger partial charge in [-0.05, 0) is 18.2 Å². The van der Waals surface area contributed by atoms with Gasteiger partial charge in [0, 0.05) is 29.8 Å². The van der Waals surface area contributed by atoms with Crippen molar-refractivity contribution in [2.45, 2.75) is 0 Å². The van der Waals surface area contributed by atoms with Crippen LogP contribution in [0.5, 0.6) is 0 Å². The number of nitrogens with zero attached hydrogens (tertiary/aromatic N) is 2. The zero-order valence-corrected chi connectivity index (χ0v) is 12.3. The normalized spacial score (nSPS) is 10.1. The second-order valence-electron chi connectivity index (χ2n) is 4.50. The summed E-state index contributed by atoms with van der Waals surface area (Å²) in [6.07, 6.45) is 0. The number of anilines is 1. The standard InChI is InChI=1S/C14H10ClN3O5/c15-12-7-11(18(22)23)5-6-13(12)16-8-14(19)9-1-3-10(4-2-9)17(20)21/h1-7,16H,8H2. The number of nitro groups is 2. The van der Waals surface area contributed by atoms with Crippen molar-refractivity contribution in [3.63, 3.8) is 0 Å². The van der Waals surface area contributed by atoms with Gasteiger partial charge in [0.15, 0.2) is 5.78 Å². The van der Waals surface area contributed by atoms with Gasteiger partial charge in [-0.15, -0.1) is 0 Å². The summed E-state index contributed by atoms with van der Waals surface area (Å²) in [5, 5.41) is 24.1. The molecule has 2 aromatic carbocycles. The molecule has 0 aliphatic carbocycles. The van der Waals surface area contributed by atoms with Crippen LogP contribution in [-0.4, -0.2) is 22.2 Å². The van der Waals surface area contributed by atoms with Gasteiger partial charge in [0.25, 0.3) is 11.4 Å². The van der Waals surface area contributed by atoms with Crippen molar-refractivity contribution in [1.29, 1.82) is 0 Å². The quantitative estimate of drug-likeness (QED) is 0.491. The minimum atomic E-state index is -0.572. The fourth-order valence-corrected chi connectivity index (χ4v) is 2.05. The Morgan fingerprint density at radius 2 is 1.57 bits per heavy atom. The first kappa shape index (κ1) is 16.4. The highest BCUT2D eigenvalue weighted by molar-refractivity contribution is 6.33. The minimum Gasteiger partial charge on any atom is -0.376 e. The molecular weight excluding hydrogens is 326 g/mol. The number of hydrogen-bond acceptors (Lipinski definition) is 6. The third kappa shape index (κ3) is 4.01. The number of non-ortho nitro benzene ring substituents is 2. The fraction of sp³-hybridized carbons (Fsp3) is 0.0714. The molecule has 23 heavy (non-hydrogen) atoms. The molecule has 0 spiro atoms. The van der Waals surface area contributed by atoms with E-state index in [0.29, 0.717) is 11.3 Å². The van der Waals surface area contributed by atoms with Crippen molar-refractivity contribution in [3.05, 3.63) is 73.3 Å². The number of carbonyl (C=O) groups is 1. The first-order valence-corrected chi connectivity index (χ1v) is 6.72. The molecule has 0 unspecified atom stereocenters. The number of carbonyl (C=O) groups excluding carboxylic acids is 1. The zero-order valence-electron chi connectivity index (χ0n) is 11.6. The molecule has 0 fully saturated rings. The summed E-state index contributed by atoms with van der Waals surface area (Å²) < 4.78 is 0. The van der Waals surface area contributed by atoms with Crippen LogP contribution in [0.25, 0.3) is 0 Å². The number of ketones is 1. The van der Waals surface area contributed by atoms with Crippen molar-refractivity contribution in [2.24, 2.45) is 0 Å². The van der Waals surface area contributed by atoms with Crippen molar-refractivity contribution in [1.82, 2.24) is 0 Å². The Morgan fingerprint density at radius 3 is 2.09 bits per heavy atom. The third-order valence-electron chi connectivity index (χ3n) is 3.00. The first-order valence-electron chi connectivity index (χ1n) is 6.34. The monoisotopic (exact) mass is 335 g/mol. The van der Waals surface area contributed by atoms with Crippen LogP contribution in [0.3, 0.4) is 0 Å². The highest BCUT2D eigenvalue weighted by Gasteiger charge is 2.12. The van der Waals surface area contributed by atoms with Crippen molar-refractivity contribution < 1.29 is 14.6 Å². The van der Waals surface area contributed by atoms with Crippen LogP contribution < -0.4 is 5.32 Å². The predicted molar refractivity (Wildman–Crippen MR) is 84.0 cm³/mol. The van der Waals surface area contributed by atoms with Crippen LogP contribution in [0, 0.1) is 20.2 Å². The average Bonchev–Trinajstić information content (AvgIpc) is 2.53. The van der Waals surface area contributed by atoms with E-state index in [0.717, 1.165) is 0 Å². The van der Waals surface area contributed by atoms with Gasteiger partial charge in [-0.3, -0.25) is 25.0 Å². The van der Waals surface area contributed by atoms with Gasteiger partial charge < -0.3 is 5.32 Å². The van der Waals surface area contributed by atoms with E-state index in [4.69, 9.17) is 11.6 Å². The van der Waals surface area contributed by atoms with Gasteiger partial charge in [0.2, 0.25) is 0 Å². The molecule has 0 aromatic heterocycles. The summed E-state index contributed by atoms with van der Waals surface area (Å²) in [5.41, 5.74) is 0.434. The topological polar surface area (TPSA) is 115 Å². The van der Waals surface area contributed by atoms with E-state index >= 15 is 0 Å². The smallest absolute Gasteiger partial charge is 0.271 e. The van der Waals surface area contributed by atoms with Gasteiger partial charge in [0.1, 0.15) is 0 Å². The summed E-state index contributed by atoms with van der Waals surface area (Å²) in [7, 11) is 0. The maximum Gasteiger partial charge on any atom is 0.271 e. The van der Waals surface area contributed by atoms with Crippen LogP contribution in [-0.2, 0) is 0 Å². The summed E-state index contributed by atoms with van der Waals surface area (Å²) in [6, 6.07) is 9.06. The summed E-state index contributed by atoms with van der Waals surface area (Å²) >= 11 is 5.91. The van der Waals surface area contributed by atoms with E-state index in [1.54, 1.807) is 0 Å². The molecule has 0 amide bonds. The molecule has 0 radical (unpaired) electrons. The predicted octanol–water partition coefficient (Wildman–Crippen LogP) is 3.45. The van der Waals surface area contributed by atoms with E-state index in [1.807, 2.05) is 0 Å². The van der Waals surface area contributed by atoms with E-state index in [9.17, 15) is 25.0 Å². The van der Waals surface area contributed by atoms with E-state index in [-0.39, 0.29) is 28.7 Å². The lowest BCUT2D eigenvalue weighted by Gasteiger charge is -2.07. The lowest BCUT2D eigenvalue weighted by molar-refractivity contribution is -0.385. The highest BCUT2D eigenvalue weighted by atomic mass is 35.5. The zero-order chi connectivity index (χ0) is 17.0. The Bertz CT molecular complexity index is 776. The number of halogens is 1. The molecule has 0 aliphatic rings. The molecular formula is C14H10ClN3O5. The molecule has 0 saturated carbocycles. The van der Waals surface area contributed by atoms with Crippen molar-refractivity contribution in [2.75, 3.05) is 11.9 Å². The number of benzene rings is 2. The first-order chi connectivity index (χ1) is 10.9. The van der Waals surface area contributed by atoms with Crippen LogP contribution >= 0.6 is 11.6 Å². The molecule has 118 valence electrons. The Labute approximate surface area is 135 Å². The van der Waals surface area contributed by atoms with E-state index in [1.165, 1.54) is 42.5 Å². The SMILES string of the molecule is O=C(CNc1ccc([N+](=O)[O-])cc1Cl)c1ccc([N+](=O)[O-])cc1. The van der Waals surface area contributed by atoms with E-state index in [2.05, 4.69) is 5.32 Å². The maximum atomic E-state index is 12.0. The molecule has 0 bridgehead atoms. The van der Waals surface area contributed by atoms with Gasteiger partial charge in [-0.25, -0.2) is 0 Å². The lowest BCUT2D eigenvalue weighted by Crippen LogP contribution is -2.14. The van der Waals surface area contributed by atoms with Crippen molar-refractivity contribution in [3.8, 4) is 0 Å². The number of Topliss-reactive ketones (excluding diaryl/α,β-unsaturated/α-hetero) is 1. The summed E-state index contributed by atoms with van der Waals surface area (Å²) in [4.78, 5) is 32.0. The lowest BCUT2D eigenvalue weighted by atomic mass is 10.1. The Morgan fingerprint density at radius 1 is 1.00 bits per heavy atom. The molecule has 0 heterocycles. The average molecular weight is 336 g/mol. The number of nitrogens with one attached hydrogen (secondary N) is 1. The second kappa shape index (κ2) is 6.84. The fourth-order valence-electron chi connectivity index (χ4n) is 1.81. The number of nitro benzene ring substituents is 2. The molecule has 9 heteroatoms. The molecule has 2 rings (SSSR count). The van der Waals surface area contributed by atoms with Crippen LogP contribution in [0.4, 0.5) is 17.1 Å². The number of hydrogen-bond donors (Lipinski definition) is 1. The maximum absolute atomic E-state index is 12.0. The molecule has 2 aromatic rings. The highest BCUT2D eigenvalue weighted by Crippen LogP contribution is 2.26. The van der Waals surface area contributed by atoms with Crippen LogP contribution in [0.1, 0.15) is 10.4 Å². The Kier molecular flexibility index (Phi) is 4.87. The molecule has 0 aliphatic heterocycles. The van der Waals surface area contributed by atoms with Crippen molar-refractivity contribution >= 4 is 34.4 Å². The second-order valence-corrected chi connectivity index (χ2v) is 4.91. The minimum absolute atomic E-state index is 0.102. The Hall–Kier alpha value is -3.00. The van der Waals surface area contributed by atoms with Gasteiger partial charge in [-0.2, -0.15) is 0 Å². The third-order valence-corrected chi connectivity index (χ3v) is 3.32. The largest absolute Gasteiger partial charge is 0.376 e. The molecule has 1 N–H and O–H groups in total. The molecule has 0 saturated heterocycles. The Balaban J connectivity index is 2.04.